The number of imidazole rings is 1. The fourth-order valence-corrected chi connectivity index (χ4v) is 4.92. The van der Waals surface area contributed by atoms with Crippen LogP contribution in [0.25, 0.3) is 28.2 Å². The van der Waals surface area contributed by atoms with Crippen LogP contribution in [-0.2, 0) is 4.74 Å². The summed E-state index contributed by atoms with van der Waals surface area (Å²) in [5.74, 6) is 0.535. The van der Waals surface area contributed by atoms with Crippen LogP contribution in [0.1, 0.15) is 37.0 Å². The van der Waals surface area contributed by atoms with E-state index in [2.05, 4.69) is 40.5 Å². The first-order valence-electron chi connectivity index (χ1n) is 12.1. The summed E-state index contributed by atoms with van der Waals surface area (Å²) in [4.78, 5) is 41.6. The lowest BCUT2D eigenvalue weighted by Gasteiger charge is -2.15. The Bertz CT molecular complexity index is 1790. The highest BCUT2D eigenvalue weighted by atomic mass is 35.5. The quantitative estimate of drug-likeness (QED) is 0.325. The van der Waals surface area contributed by atoms with Crippen LogP contribution in [0.3, 0.4) is 0 Å². The van der Waals surface area contributed by atoms with Crippen molar-refractivity contribution in [1.82, 2.24) is 44.7 Å². The summed E-state index contributed by atoms with van der Waals surface area (Å²) in [7, 11) is 1.27. The van der Waals surface area contributed by atoms with Gasteiger partial charge in [-0.25, -0.2) is 24.1 Å². The standard InChI is InChI=1S/C25H20ClFN10O3/c1-12-7-18(23-29-10-16(31-23)13-3-6-19(28-9-13)33-25(39)40-2)37-20(38)8-15(32-24(12)37)21-17(36-11-30-34-35-36)5-4-14(26)22(21)27/h3-6,8-12,18H,7H2,1-2H3,(H,29,31)(H,28,33,39)/t12-,18+/m0/s1. The SMILES string of the molecule is COC(=O)Nc1ccc(-c2cnc([C@H]3C[C@H](C)c4nc(-c5c(-n6cnnn6)ccc(Cl)c5F)cc(=O)n43)[nH]2)cn1. The van der Waals surface area contributed by atoms with Gasteiger partial charge in [0.15, 0.2) is 5.82 Å². The molecule has 1 aliphatic rings. The zero-order valence-electron chi connectivity index (χ0n) is 21.0. The number of carbonyl (C=O) groups is 1. The first-order valence-corrected chi connectivity index (χ1v) is 12.4. The number of tetrazole rings is 1. The summed E-state index contributed by atoms with van der Waals surface area (Å²) < 4.78 is 22.7. The molecule has 6 rings (SSSR count). The van der Waals surface area contributed by atoms with E-state index in [-0.39, 0.29) is 27.8 Å². The lowest BCUT2D eigenvalue weighted by atomic mass is 10.1. The molecule has 15 heteroatoms. The Labute approximate surface area is 230 Å². The minimum atomic E-state index is -0.731. The maximum atomic E-state index is 15.3. The van der Waals surface area contributed by atoms with Crippen molar-refractivity contribution >= 4 is 23.5 Å². The summed E-state index contributed by atoms with van der Waals surface area (Å²) >= 11 is 6.09. The molecule has 5 aromatic rings. The number of methoxy groups -OCH3 is 1. The molecule has 202 valence electrons. The molecule has 0 fully saturated rings. The Morgan fingerprint density at radius 2 is 2.08 bits per heavy atom. The number of H-pyrrole nitrogens is 1. The molecule has 1 aliphatic heterocycles. The number of hydrogen-bond acceptors (Lipinski definition) is 9. The van der Waals surface area contributed by atoms with Crippen molar-refractivity contribution in [1.29, 1.82) is 0 Å². The van der Waals surface area contributed by atoms with E-state index in [1.165, 1.54) is 30.3 Å². The Morgan fingerprint density at radius 3 is 2.80 bits per heavy atom. The number of nitrogens with zero attached hydrogens (tertiary/aromatic N) is 8. The number of hydrogen-bond donors (Lipinski definition) is 2. The lowest BCUT2D eigenvalue weighted by molar-refractivity contribution is 0.187. The minimum Gasteiger partial charge on any atom is -0.453 e. The van der Waals surface area contributed by atoms with Gasteiger partial charge >= 0.3 is 6.09 Å². The summed E-state index contributed by atoms with van der Waals surface area (Å²) in [6.07, 6.45) is 4.48. The molecule has 0 aliphatic carbocycles. The number of aromatic nitrogens is 9. The van der Waals surface area contributed by atoms with Gasteiger partial charge in [0.05, 0.1) is 47.0 Å². The molecular weight excluding hydrogens is 543 g/mol. The van der Waals surface area contributed by atoms with Crippen molar-refractivity contribution in [3.05, 3.63) is 81.9 Å². The number of nitrogens with one attached hydrogen (secondary N) is 2. The van der Waals surface area contributed by atoms with E-state index in [4.69, 9.17) is 16.6 Å². The molecule has 0 bridgehead atoms. The van der Waals surface area contributed by atoms with Crippen LogP contribution < -0.4 is 10.9 Å². The second-order valence-corrected chi connectivity index (χ2v) is 9.51. The van der Waals surface area contributed by atoms with Crippen LogP contribution in [0.4, 0.5) is 15.0 Å². The number of aromatic amines is 1. The number of anilines is 1. The number of fused-ring (bicyclic) bond motifs is 1. The first kappa shape index (κ1) is 25.3. The number of halogens is 2. The fourth-order valence-electron chi connectivity index (χ4n) is 4.76. The van der Waals surface area contributed by atoms with E-state index in [9.17, 15) is 9.59 Å². The van der Waals surface area contributed by atoms with Crippen LogP contribution in [0.5, 0.6) is 0 Å². The van der Waals surface area contributed by atoms with E-state index < -0.39 is 18.0 Å². The molecule has 2 N–H and O–H groups in total. The largest absolute Gasteiger partial charge is 0.453 e. The van der Waals surface area contributed by atoms with Gasteiger partial charge < -0.3 is 9.72 Å². The summed E-state index contributed by atoms with van der Waals surface area (Å²) in [5, 5.41) is 13.4. The van der Waals surface area contributed by atoms with Gasteiger partial charge in [-0.1, -0.05) is 18.5 Å². The van der Waals surface area contributed by atoms with E-state index in [0.29, 0.717) is 35.3 Å². The molecule has 1 amide bonds. The Morgan fingerprint density at radius 1 is 1.23 bits per heavy atom. The highest BCUT2D eigenvalue weighted by molar-refractivity contribution is 6.31. The molecule has 5 heterocycles. The Kier molecular flexibility index (Phi) is 6.30. The molecule has 1 aromatic carbocycles. The monoisotopic (exact) mass is 562 g/mol. The van der Waals surface area contributed by atoms with Crippen LogP contribution in [0.15, 0.2) is 53.8 Å². The predicted molar refractivity (Wildman–Crippen MR) is 141 cm³/mol. The van der Waals surface area contributed by atoms with E-state index in [1.54, 1.807) is 35.2 Å². The van der Waals surface area contributed by atoms with Crippen molar-refractivity contribution in [2.24, 2.45) is 0 Å². The summed E-state index contributed by atoms with van der Waals surface area (Å²) in [6, 6.07) is 7.22. The third-order valence-corrected chi connectivity index (χ3v) is 6.93. The van der Waals surface area contributed by atoms with E-state index in [0.717, 1.165) is 5.56 Å². The molecule has 13 nitrogen and oxygen atoms in total. The van der Waals surface area contributed by atoms with Gasteiger partial charge in [-0.2, -0.15) is 4.68 Å². The van der Waals surface area contributed by atoms with Crippen LogP contribution in [-0.4, -0.2) is 57.9 Å². The average molecular weight is 563 g/mol. The van der Waals surface area contributed by atoms with Crippen LogP contribution in [0, 0.1) is 5.82 Å². The van der Waals surface area contributed by atoms with Crippen molar-refractivity contribution in [3.8, 4) is 28.2 Å². The fraction of sp³-hybridized carbons (Fsp3) is 0.200. The maximum absolute atomic E-state index is 15.3. The normalized spacial score (nSPS) is 16.1. The van der Waals surface area contributed by atoms with E-state index >= 15 is 4.39 Å². The molecule has 0 radical (unpaired) electrons. The second kappa shape index (κ2) is 9.96. The van der Waals surface area contributed by atoms with Gasteiger partial charge in [-0.3, -0.25) is 14.7 Å². The Hall–Kier alpha value is -4.98. The molecule has 2 atom stereocenters. The molecular formula is C25H20ClFN10O3. The average Bonchev–Trinajstić information content (AvgIpc) is 3.72. The number of benzene rings is 1. The number of ether oxygens (including phenoxy) is 1. The highest BCUT2D eigenvalue weighted by Crippen LogP contribution is 2.39. The minimum absolute atomic E-state index is 0.0221. The van der Waals surface area contributed by atoms with Crippen LogP contribution >= 0.6 is 11.6 Å². The Balaban J connectivity index is 1.35. The van der Waals surface area contributed by atoms with Crippen molar-refractivity contribution in [3.63, 3.8) is 0 Å². The highest BCUT2D eigenvalue weighted by Gasteiger charge is 2.34. The van der Waals surface area contributed by atoms with Crippen molar-refractivity contribution < 1.29 is 13.9 Å². The van der Waals surface area contributed by atoms with Gasteiger partial charge in [0, 0.05) is 23.7 Å². The van der Waals surface area contributed by atoms with Gasteiger partial charge in [0.2, 0.25) is 0 Å². The molecule has 0 unspecified atom stereocenters. The molecule has 40 heavy (non-hydrogen) atoms. The van der Waals surface area contributed by atoms with Crippen molar-refractivity contribution in [2.45, 2.75) is 25.3 Å². The van der Waals surface area contributed by atoms with Gasteiger partial charge in [-0.15, -0.1) is 5.10 Å². The predicted octanol–water partition coefficient (Wildman–Crippen LogP) is 3.74. The number of pyridine rings is 1. The summed E-state index contributed by atoms with van der Waals surface area (Å²) in [6.45, 7) is 1.94. The maximum Gasteiger partial charge on any atom is 0.412 e. The van der Waals surface area contributed by atoms with Gasteiger partial charge in [-0.05, 0) is 41.1 Å². The zero-order chi connectivity index (χ0) is 28.0. The lowest BCUT2D eigenvalue weighted by Crippen LogP contribution is -2.25. The second-order valence-electron chi connectivity index (χ2n) is 9.10. The van der Waals surface area contributed by atoms with Gasteiger partial charge in [0.25, 0.3) is 5.56 Å². The number of amides is 1. The van der Waals surface area contributed by atoms with Gasteiger partial charge in [0.1, 0.15) is 23.8 Å². The third-order valence-electron chi connectivity index (χ3n) is 6.63. The number of carbonyl (C=O) groups excluding carboxylic acids is 1. The molecule has 4 aromatic heterocycles. The topological polar surface area (TPSA) is 158 Å². The van der Waals surface area contributed by atoms with E-state index in [1.807, 2.05) is 6.92 Å². The summed E-state index contributed by atoms with van der Waals surface area (Å²) in [5.41, 5.74) is 1.48. The number of rotatable bonds is 5. The van der Waals surface area contributed by atoms with Crippen LogP contribution in [0.2, 0.25) is 5.02 Å². The first-order chi connectivity index (χ1) is 19.3. The third kappa shape index (κ3) is 4.37. The molecule has 0 saturated heterocycles. The molecule has 0 spiro atoms. The molecule has 0 saturated carbocycles. The smallest absolute Gasteiger partial charge is 0.412 e. The zero-order valence-corrected chi connectivity index (χ0v) is 21.8. The van der Waals surface area contributed by atoms with Crippen molar-refractivity contribution in [2.75, 3.05) is 12.4 Å².